The summed E-state index contributed by atoms with van der Waals surface area (Å²) in [6.45, 7) is 1.43. The molecule has 0 atom stereocenters. The summed E-state index contributed by atoms with van der Waals surface area (Å²) in [5.41, 5.74) is 4.44. The van der Waals surface area contributed by atoms with Gasteiger partial charge < -0.3 is 9.47 Å². The van der Waals surface area contributed by atoms with E-state index in [4.69, 9.17) is 9.47 Å². The molecule has 178 valence electrons. The first-order valence-electron chi connectivity index (χ1n) is 10.1. The number of ether oxygens (including phenoxy) is 2. The third-order valence-corrected chi connectivity index (χ3v) is 7.23. The van der Waals surface area contributed by atoms with Crippen LogP contribution in [0.5, 0.6) is 11.5 Å². The monoisotopic (exact) mass is 545 g/mol. The van der Waals surface area contributed by atoms with Crippen molar-refractivity contribution < 1.29 is 22.7 Å². The van der Waals surface area contributed by atoms with Crippen molar-refractivity contribution in [3.05, 3.63) is 82.3 Å². The van der Waals surface area contributed by atoms with Crippen molar-refractivity contribution in [3.8, 4) is 11.5 Å². The highest BCUT2D eigenvalue weighted by atomic mass is 79.9. The zero-order valence-corrected chi connectivity index (χ0v) is 21.3. The molecule has 0 unspecified atom stereocenters. The number of hydrogen-bond acceptors (Lipinski definition) is 6. The molecular weight excluding hydrogens is 522 g/mol. The van der Waals surface area contributed by atoms with Gasteiger partial charge in [0.15, 0.2) is 0 Å². The topological polar surface area (TPSA) is 97.3 Å². The summed E-state index contributed by atoms with van der Waals surface area (Å²) in [6, 6.07) is 18.4. The Hall–Kier alpha value is -3.37. The molecule has 3 rings (SSSR count). The number of aryl methyl sites for hydroxylation is 1. The van der Waals surface area contributed by atoms with E-state index >= 15 is 0 Å². The molecular formula is C24H24BrN3O5S. The van der Waals surface area contributed by atoms with Crippen LogP contribution in [0.4, 0.5) is 5.69 Å². The van der Waals surface area contributed by atoms with E-state index in [-0.39, 0.29) is 4.90 Å². The van der Waals surface area contributed by atoms with Gasteiger partial charge in [-0.15, -0.1) is 0 Å². The lowest BCUT2D eigenvalue weighted by Crippen LogP contribution is -2.39. The van der Waals surface area contributed by atoms with Gasteiger partial charge >= 0.3 is 0 Å². The molecule has 0 fully saturated rings. The second-order valence-corrected chi connectivity index (χ2v) is 9.93. The van der Waals surface area contributed by atoms with Crippen molar-refractivity contribution in [2.24, 2.45) is 5.10 Å². The summed E-state index contributed by atoms with van der Waals surface area (Å²) in [6.07, 6.45) is 1.46. The number of halogens is 1. The molecule has 1 N–H and O–H groups in total. The predicted molar refractivity (Wildman–Crippen MR) is 135 cm³/mol. The normalized spacial score (nSPS) is 11.3. The van der Waals surface area contributed by atoms with Gasteiger partial charge in [-0.25, -0.2) is 13.8 Å². The summed E-state index contributed by atoms with van der Waals surface area (Å²) in [5, 5.41) is 3.94. The van der Waals surface area contributed by atoms with Crippen LogP contribution in [-0.2, 0) is 14.8 Å². The van der Waals surface area contributed by atoms with E-state index in [1.54, 1.807) is 61.7 Å². The van der Waals surface area contributed by atoms with Crippen molar-refractivity contribution in [2.45, 2.75) is 11.8 Å². The number of amides is 1. The minimum atomic E-state index is -4.07. The molecule has 0 aromatic heterocycles. The largest absolute Gasteiger partial charge is 0.497 e. The second-order valence-electron chi connectivity index (χ2n) is 7.21. The van der Waals surface area contributed by atoms with E-state index in [2.05, 4.69) is 26.5 Å². The van der Waals surface area contributed by atoms with Crippen LogP contribution in [0.25, 0.3) is 0 Å². The molecule has 10 heteroatoms. The first-order chi connectivity index (χ1) is 16.2. The van der Waals surface area contributed by atoms with Gasteiger partial charge in [0.1, 0.15) is 18.0 Å². The number of methoxy groups -OCH3 is 2. The van der Waals surface area contributed by atoms with Crippen LogP contribution in [0.3, 0.4) is 0 Å². The summed E-state index contributed by atoms with van der Waals surface area (Å²) >= 11 is 3.32. The molecule has 0 aliphatic rings. The number of carbonyl (C=O) groups is 1. The highest BCUT2D eigenvalue weighted by Crippen LogP contribution is 2.30. The third-order valence-electron chi connectivity index (χ3n) is 4.84. The van der Waals surface area contributed by atoms with Crippen LogP contribution in [-0.4, -0.2) is 41.3 Å². The molecule has 0 spiro atoms. The van der Waals surface area contributed by atoms with Crippen LogP contribution < -0.4 is 19.2 Å². The van der Waals surface area contributed by atoms with Gasteiger partial charge in [-0.05, 0) is 83.0 Å². The summed E-state index contributed by atoms with van der Waals surface area (Å²) in [4.78, 5) is 12.7. The highest BCUT2D eigenvalue weighted by molar-refractivity contribution is 9.10. The molecule has 8 nitrogen and oxygen atoms in total. The standard InChI is InChI=1S/C24H24BrN3O5S/c1-17-4-8-19(9-5-17)28(34(30,31)21-12-13-23(33-3)22(25)14-21)16-24(29)27-26-15-18-6-10-20(32-2)11-7-18/h4-15H,16H2,1-3H3,(H,27,29)/b26-15-. The average molecular weight is 546 g/mol. The molecule has 0 aliphatic carbocycles. The van der Waals surface area contributed by atoms with Crippen LogP contribution in [0, 0.1) is 6.92 Å². The molecule has 3 aromatic rings. The maximum absolute atomic E-state index is 13.5. The lowest BCUT2D eigenvalue weighted by molar-refractivity contribution is -0.119. The maximum Gasteiger partial charge on any atom is 0.264 e. The second kappa shape index (κ2) is 11.2. The molecule has 0 bridgehead atoms. The minimum absolute atomic E-state index is 0.00952. The van der Waals surface area contributed by atoms with E-state index < -0.39 is 22.5 Å². The fraction of sp³-hybridized carbons (Fsp3) is 0.167. The average Bonchev–Trinajstić information content (AvgIpc) is 2.83. The summed E-state index contributed by atoms with van der Waals surface area (Å²) < 4.78 is 38.8. The quantitative estimate of drug-likeness (QED) is 0.322. The van der Waals surface area contributed by atoms with Gasteiger partial charge in [0, 0.05) is 0 Å². The van der Waals surface area contributed by atoms with E-state index in [9.17, 15) is 13.2 Å². The van der Waals surface area contributed by atoms with E-state index in [0.29, 0.717) is 21.7 Å². The molecule has 1 amide bonds. The summed E-state index contributed by atoms with van der Waals surface area (Å²) in [7, 11) is -1.01. The van der Waals surface area contributed by atoms with Crippen molar-refractivity contribution in [1.29, 1.82) is 0 Å². The Morgan fingerprint density at radius 1 is 1.03 bits per heavy atom. The fourth-order valence-corrected chi connectivity index (χ4v) is 5.14. The van der Waals surface area contributed by atoms with Gasteiger partial charge in [0.05, 0.1) is 35.5 Å². The Kier molecular flexibility index (Phi) is 8.30. The van der Waals surface area contributed by atoms with Gasteiger partial charge in [-0.2, -0.15) is 5.10 Å². The lowest BCUT2D eigenvalue weighted by Gasteiger charge is -2.24. The molecule has 3 aromatic carbocycles. The van der Waals surface area contributed by atoms with E-state index in [0.717, 1.165) is 15.4 Å². The number of benzene rings is 3. The Morgan fingerprint density at radius 2 is 1.71 bits per heavy atom. The molecule has 0 saturated heterocycles. The fourth-order valence-electron chi connectivity index (χ4n) is 3.00. The molecule has 0 saturated carbocycles. The zero-order valence-electron chi connectivity index (χ0n) is 18.9. The first-order valence-corrected chi connectivity index (χ1v) is 12.4. The number of nitrogens with one attached hydrogen (secondary N) is 1. The number of sulfonamides is 1. The van der Waals surface area contributed by atoms with Crippen LogP contribution in [0.15, 0.2) is 81.2 Å². The van der Waals surface area contributed by atoms with Gasteiger partial charge in [-0.1, -0.05) is 17.7 Å². The number of anilines is 1. The number of hydrazone groups is 1. The SMILES string of the molecule is COc1ccc(/C=N\NC(=O)CN(c2ccc(C)cc2)S(=O)(=O)c2ccc(OC)c(Br)c2)cc1. The Morgan fingerprint density at radius 3 is 2.29 bits per heavy atom. The number of rotatable bonds is 9. The number of hydrogen-bond donors (Lipinski definition) is 1. The number of nitrogens with zero attached hydrogens (tertiary/aromatic N) is 2. The third kappa shape index (κ3) is 6.15. The van der Waals surface area contributed by atoms with Gasteiger partial charge in [-0.3, -0.25) is 9.10 Å². The highest BCUT2D eigenvalue weighted by Gasteiger charge is 2.28. The van der Waals surface area contributed by atoms with E-state index in [1.807, 2.05) is 6.92 Å². The summed E-state index contributed by atoms with van der Waals surface area (Å²) in [5.74, 6) is 0.596. The molecule has 0 radical (unpaired) electrons. The zero-order chi connectivity index (χ0) is 24.7. The van der Waals surface area contributed by atoms with Crippen molar-refractivity contribution in [2.75, 3.05) is 25.1 Å². The smallest absolute Gasteiger partial charge is 0.264 e. The van der Waals surface area contributed by atoms with E-state index in [1.165, 1.54) is 25.5 Å². The Labute approximate surface area is 207 Å². The number of carbonyl (C=O) groups excluding carboxylic acids is 1. The van der Waals surface area contributed by atoms with Gasteiger partial charge in [0.25, 0.3) is 15.9 Å². The Bertz CT molecular complexity index is 1280. The van der Waals surface area contributed by atoms with Crippen molar-refractivity contribution in [3.63, 3.8) is 0 Å². The van der Waals surface area contributed by atoms with Crippen LogP contribution in [0.2, 0.25) is 0 Å². The van der Waals surface area contributed by atoms with Crippen molar-refractivity contribution >= 4 is 43.8 Å². The first kappa shape index (κ1) is 25.3. The predicted octanol–water partition coefficient (Wildman–Crippen LogP) is 4.12. The van der Waals surface area contributed by atoms with Crippen LogP contribution in [0.1, 0.15) is 11.1 Å². The van der Waals surface area contributed by atoms with Crippen molar-refractivity contribution in [1.82, 2.24) is 5.43 Å². The Balaban J connectivity index is 1.84. The van der Waals surface area contributed by atoms with Crippen LogP contribution >= 0.6 is 15.9 Å². The molecule has 34 heavy (non-hydrogen) atoms. The minimum Gasteiger partial charge on any atom is -0.497 e. The maximum atomic E-state index is 13.5. The van der Waals surface area contributed by atoms with Gasteiger partial charge in [0.2, 0.25) is 0 Å². The molecule has 0 heterocycles. The molecule has 0 aliphatic heterocycles. The lowest BCUT2D eigenvalue weighted by atomic mass is 10.2.